The molecule has 10 heteroatoms. The third-order valence-corrected chi connectivity index (χ3v) is 5.72. The number of nitrogens with one attached hydrogen (secondary N) is 2. The average molecular weight is 414 g/mol. The van der Waals surface area contributed by atoms with Crippen LogP contribution in [0.3, 0.4) is 0 Å². The van der Waals surface area contributed by atoms with Crippen molar-refractivity contribution in [1.29, 1.82) is 0 Å². The molecule has 0 bridgehead atoms. The molecule has 0 unspecified atom stereocenters. The van der Waals surface area contributed by atoms with Crippen molar-refractivity contribution in [3.8, 4) is 0 Å². The lowest BCUT2D eigenvalue weighted by atomic mass is 9.76. The lowest BCUT2D eigenvalue weighted by Gasteiger charge is -2.33. The van der Waals surface area contributed by atoms with E-state index in [9.17, 15) is 24.0 Å². The molecule has 1 aliphatic carbocycles. The lowest BCUT2D eigenvalue weighted by molar-refractivity contribution is -0.159. The van der Waals surface area contributed by atoms with Crippen molar-refractivity contribution in [3.05, 3.63) is 35.4 Å². The third-order valence-electron chi connectivity index (χ3n) is 5.72. The largest absolute Gasteiger partial charge is 0.451 e. The molecule has 158 valence electrons. The van der Waals surface area contributed by atoms with E-state index < -0.39 is 48.0 Å². The number of imide groups is 2. The Morgan fingerprint density at radius 3 is 2.70 bits per heavy atom. The van der Waals surface area contributed by atoms with E-state index in [1.165, 1.54) is 6.92 Å². The number of benzene rings is 1. The first-order valence-electron chi connectivity index (χ1n) is 9.84. The fourth-order valence-electron chi connectivity index (χ4n) is 4.27. The van der Waals surface area contributed by atoms with Crippen LogP contribution in [0.4, 0.5) is 9.59 Å². The third kappa shape index (κ3) is 3.17. The normalized spacial score (nSPS) is 23.8. The summed E-state index contributed by atoms with van der Waals surface area (Å²) in [6.07, 6.45) is 0.767. The number of amides is 6. The van der Waals surface area contributed by atoms with E-state index in [2.05, 4.69) is 10.6 Å². The van der Waals surface area contributed by atoms with Gasteiger partial charge in [-0.25, -0.2) is 9.59 Å². The summed E-state index contributed by atoms with van der Waals surface area (Å²) in [5.74, 6) is -2.07. The molecule has 0 saturated carbocycles. The number of carbonyl (C=O) groups is 5. The number of urea groups is 2. The van der Waals surface area contributed by atoms with Gasteiger partial charge < -0.3 is 15.4 Å². The molecule has 1 aromatic carbocycles. The highest BCUT2D eigenvalue weighted by Crippen LogP contribution is 2.39. The number of ether oxygens (including phenoxy) is 1. The van der Waals surface area contributed by atoms with E-state index in [0.29, 0.717) is 13.0 Å². The molecule has 10 nitrogen and oxygen atoms in total. The molecular weight excluding hydrogens is 392 g/mol. The van der Waals surface area contributed by atoms with Gasteiger partial charge in [0, 0.05) is 13.1 Å². The van der Waals surface area contributed by atoms with E-state index >= 15 is 0 Å². The van der Waals surface area contributed by atoms with Crippen molar-refractivity contribution in [2.75, 3.05) is 19.6 Å². The molecule has 2 fully saturated rings. The van der Waals surface area contributed by atoms with Crippen LogP contribution in [-0.4, -0.2) is 65.4 Å². The summed E-state index contributed by atoms with van der Waals surface area (Å²) in [7, 11) is 0. The second-order valence-electron chi connectivity index (χ2n) is 7.59. The fraction of sp³-hybridized carbons (Fsp3) is 0.450. The molecule has 4 rings (SSSR count). The topological polar surface area (TPSA) is 125 Å². The maximum Gasteiger partial charge on any atom is 0.327 e. The second kappa shape index (κ2) is 7.43. The zero-order chi connectivity index (χ0) is 21.5. The van der Waals surface area contributed by atoms with Gasteiger partial charge in [-0.15, -0.1) is 0 Å². The number of nitrogens with zero attached hydrogens (tertiary/aromatic N) is 2. The van der Waals surface area contributed by atoms with Gasteiger partial charge in [-0.1, -0.05) is 24.3 Å². The van der Waals surface area contributed by atoms with Gasteiger partial charge in [0.15, 0.2) is 6.10 Å². The number of esters is 1. The van der Waals surface area contributed by atoms with Crippen molar-refractivity contribution >= 4 is 29.8 Å². The Hall–Kier alpha value is -3.43. The number of fused-ring (bicyclic) bond motifs is 2. The first-order valence-corrected chi connectivity index (χ1v) is 9.84. The first-order chi connectivity index (χ1) is 14.3. The predicted molar refractivity (Wildman–Crippen MR) is 102 cm³/mol. The molecule has 3 aliphatic rings. The van der Waals surface area contributed by atoms with Gasteiger partial charge in [-0.05, 0) is 37.3 Å². The summed E-state index contributed by atoms with van der Waals surface area (Å²) < 4.78 is 5.09. The van der Waals surface area contributed by atoms with Crippen LogP contribution >= 0.6 is 0 Å². The molecule has 2 aliphatic heterocycles. The van der Waals surface area contributed by atoms with Gasteiger partial charge in [0.1, 0.15) is 12.1 Å². The van der Waals surface area contributed by atoms with Gasteiger partial charge in [0.05, 0.1) is 0 Å². The summed E-state index contributed by atoms with van der Waals surface area (Å²) in [6, 6.07) is 6.21. The van der Waals surface area contributed by atoms with Crippen molar-refractivity contribution in [2.24, 2.45) is 0 Å². The van der Waals surface area contributed by atoms with Crippen LogP contribution in [0, 0.1) is 0 Å². The van der Waals surface area contributed by atoms with Crippen molar-refractivity contribution < 1.29 is 28.7 Å². The molecule has 1 aromatic rings. The summed E-state index contributed by atoms with van der Waals surface area (Å²) in [4.78, 5) is 63.7. The van der Waals surface area contributed by atoms with Gasteiger partial charge in [-0.2, -0.15) is 0 Å². The SMILES string of the molecule is C[C@@H](OC(=O)CN1C(=O)N[C@]2(CCCc3ccccc32)C1=O)C(=O)N1CCNC1=O. The summed E-state index contributed by atoms with van der Waals surface area (Å²) >= 11 is 0. The van der Waals surface area contributed by atoms with Gasteiger partial charge in [0.25, 0.3) is 11.8 Å². The Kier molecular flexibility index (Phi) is 4.92. The van der Waals surface area contributed by atoms with Crippen LogP contribution in [0.25, 0.3) is 0 Å². The minimum absolute atomic E-state index is 0.189. The summed E-state index contributed by atoms with van der Waals surface area (Å²) in [5.41, 5.74) is 0.556. The highest BCUT2D eigenvalue weighted by atomic mass is 16.5. The van der Waals surface area contributed by atoms with E-state index in [-0.39, 0.29) is 6.54 Å². The number of hydrogen-bond donors (Lipinski definition) is 2. The number of rotatable bonds is 4. The molecule has 30 heavy (non-hydrogen) atoms. The van der Waals surface area contributed by atoms with Crippen molar-refractivity contribution in [2.45, 2.75) is 37.8 Å². The van der Waals surface area contributed by atoms with Crippen LogP contribution in [0.5, 0.6) is 0 Å². The Labute approximate surface area is 172 Å². The molecular formula is C20H22N4O6. The average Bonchev–Trinajstić information content (AvgIpc) is 3.25. The van der Waals surface area contributed by atoms with Crippen molar-refractivity contribution in [3.63, 3.8) is 0 Å². The van der Waals surface area contributed by atoms with E-state index in [1.54, 1.807) is 0 Å². The molecule has 2 heterocycles. The zero-order valence-corrected chi connectivity index (χ0v) is 16.5. The maximum atomic E-state index is 13.2. The van der Waals surface area contributed by atoms with Crippen molar-refractivity contribution in [1.82, 2.24) is 20.4 Å². The van der Waals surface area contributed by atoms with Crippen LogP contribution in [0.15, 0.2) is 24.3 Å². The standard InChI is InChI=1S/C20H22N4O6/c1-12(16(26)23-10-9-21-18(23)28)30-15(25)11-24-17(27)20(22-19(24)29)8-4-6-13-5-2-3-7-14(13)20/h2-3,5,7,12H,4,6,8-11H2,1H3,(H,21,28)(H,22,29)/t12-,20+/m1/s1. The Balaban J connectivity index is 1.45. The highest BCUT2D eigenvalue weighted by Gasteiger charge is 2.54. The van der Waals surface area contributed by atoms with E-state index in [0.717, 1.165) is 33.8 Å². The number of aryl methyl sites for hydroxylation is 1. The molecule has 2 N–H and O–H groups in total. The smallest absolute Gasteiger partial charge is 0.327 e. The molecule has 6 amide bonds. The minimum Gasteiger partial charge on any atom is -0.451 e. The van der Waals surface area contributed by atoms with Crippen LogP contribution in [0.1, 0.15) is 30.9 Å². The minimum atomic E-state index is -1.22. The molecule has 2 saturated heterocycles. The lowest BCUT2D eigenvalue weighted by Crippen LogP contribution is -2.47. The van der Waals surface area contributed by atoms with Crippen LogP contribution in [0.2, 0.25) is 0 Å². The van der Waals surface area contributed by atoms with Crippen LogP contribution < -0.4 is 10.6 Å². The Morgan fingerprint density at radius 1 is 1.20 bits per heavy atom. The molecule has 2 atom stereocenters. The van der Waals surface area contributed by atoms with E-state index in [4.69, 9.17) is 4.74 Å². The zero-order valence-electron chi connectivity index (χ0n) is 16.5. The Morgan fingerprint density at radius 2 is 1.97 bits per heavy atom. The molecule has 0 aromatic heterocycles. The summed E-state index contributed by atoms with van der Waals surface area (Å²) in [5, 5.41) is 5.25. The number of carbonyl (C=O) groups excluding carboxylic acids is 5. The van der Waals surface area contributed by atoms with Gasteiger partial charge in [0.2, 0.25) is 0 Å². The molecule has 0 radical (unpaired) electrons. The molecule has 1 spiro atoms. The quantitative estimate of drug-likeness (QED) is 0.538. The highest BCUT2D eigenvalue weighted by molar-refractivity contribution is 6.09. The monoisotopic (exact) mass is 414 g/mol. The number of hydrogen-bond acceptors (Lipinski definition) is 6. The van der Waals surface area contributed by atoms with Crippen LogP contribution in [-0.2, 0) is 31.1 Å². The second-order valence-corrected chi connectivity index (χ2v) is 7.59. The fourth-order valence-corrected chi connectivity index (χ4v) is 4.27. The summed E-state index contributed by atoms with van der Waals surface area (Å²) in [6.45, 7) is 1.25. The van der Waals surface area contributed by atoms with E-state index in [1.807, 2.05) is 24.3 Å². The predicted octanol–water partition coefficient (Wildman–Crippen LogP) is 0.254. The Bertz CT molecular complexity index is 947. The van der Waals surface area contributed by atoms with Gasteiger partial charge >= 0.3 is 18.0 Å². The van der Waals surface area contributed by atoms with Gasteiger partial charge in [-0.3, -0.25) is 24.2 Å². The first kappa shape index (κ1) is 19.9. The maximum absolute atomic E-state index is 13.2.